The fourth-order valence-electron chi connectivity index (χ4n) is 6.67. The topological polar surface area (TPSA) is 191 Å². The number of carboxylic acid groups (broad SMARTS) is 1. The van der Waals surface area contributed by atoms with Crippen LogP contribution in [0.3, 0.4) is 0 Å². The lowest BCUT2D eigenvalue weighted by atomic mass is 10.0. The molecule has 2 aliphatic heterocycles. The Morgan fingerprint density at radius 3 is 1.45 bits per heavy atom. The minimum absolute atomic E-state index is 0.0178. The molecule has 0 radical (unpaired) electrons. The van der Waals surface area contributed by atoms with E-state index in [1.54, 1.807) is 53.7 Å². The molecule has 6 rings (SSSR count). The molecule has 6 heterocycles. The maximum Gasteiger partial charge on any atom is 0.433 e. The molecule has 0 saturated carbocycles. The van der Waals surface area contributed by atoms with Crippen molar-refractivity contribution in [3.8, 4) is 22.3 Å². The first kappa shape index (κ1) is 55.9. The molecule has 0 aromatic carbocycles. The number of nitrogens with zero attached hydrogens (tertiary/aromatic N) is 6. The van der Waals surface area contributed by atoms with Crippen LogP contribution in [0.5, 0.6) is 0 Å². The summed E-state index contributed by atoms with van der Waals surface area (Å²) >= 11 is 12.1. The third-order valence-electron chi connectivity index (χ3n) is 9.80. The van der Waals surface area contributed by atoms with E-state index in [9.17, 15) is 54.3 Å². The van der Waals surface area contributed by atoms with Gasteiger partial charge in [-0.3, -0.25) is 34.5 Å². The number of aliphatic carboxylic acids is 1. The maximum atomic E-state index is 14.0. The smallest absolute Gasteiger partial charge is 0.433 e. The Morgan fingerprint density at radius 2 is 1.07 bits per heavy atom. The number of ether oxygens (including phenoxy) is 2. The van der Waals surface area contributed by atoms with Crippen LogP contribution in [-0.2, 0) is 44.4 Å². The number of rotatable bonds is 8. The third-order valence-corrected chi connectivity index (χ3v) is 10.4. The van der Waals surface area contributed by atoms with Gasteiger partial charge in [0.15, 0.2) is 5.78 Å². The zero-order valence-electron chi connectivity index (χ0n) is 38.0. The second-order valence-electron chi connectivity index (χ2n) is 17.6. The van der Waals surface area contributed by atoms with Crippen LogP contribution in [0, 0.1) is 0 Å². The van der Waals surface area contributed by atoms with Crippen molar-refractivity contribution in [1.82, 2.24) is 29.7 Å². The van der Waals surface area contributed by atoms with E-state index in [1.165, 1.54) is 24.5 Å². The number of hydrogen-bond acceptors (Lipinski definition) is 11. The Hall–Kier alpha value is -5.74. The lowest BCUT2D eigenvalue weighted by Crippen LogP contribution is -2.43. The number of halogens is 10. The second-order valence-corrected chi connectivity index (χ2v) is 18.5. The quantitative estimate of drug-likeness (QED) is 0.159. The van der Waals surface area contributed by atoms with E-state index in [0.717, 1.165) is 34.3 Å². The number of ketones is 1. The third kappa shape index (κ3) is 16.4. The molecule has 2 saturated heterocycles. The average Bonchev–Trinajstić information content (AvgIpc) is 3.85. The first-order chi connectivity index (χ1) is 31.9. The first-order valence-electron chi connectivity index (χ1n) is 21.0. The number of aryl methyl sites for hydroxylation is 1. The number of nitrogens with two attached hydrogens (primary N) is 1. The predicted molar refractivity (Wildman–Crippen MR) is 236 cm³/mol. The van der Waals surface area contributed by atoms with Crippen LogP contribution >= 0.6 is 23.2 Å². The van der Waals surface area contributed by atoms with Gasteiger partial charge in [-0.1, -0.05) is 35.3 Å². The summed E-state index contributed by atoms with van der Waals surface area (Å²) in [5.74, 6) is -1.54. The van der Waals surface area contributed by atoms with Gasteiger partial charge >= 0.3 is 30.5 Å². The SMILES string of the molecule is CC(C)(C)OC(=O)N1C[C@H](F)C[C@H]1C(=O)CCc1cc(-c2ccc(C(F)(F)F)nc2)c(Cl)cn1.CC(C)(C)OC(=O)N1C[C@H](F)C[C@H]1C(=O)O.NCc1cc(-c2ccc(C(F)(F)F)nc2)c(Cl)cn1. The van der Waals surface area contributed by atoms with Crippen LogP contribution in [0.25, 0.3) is 22.3 Å². The molecule has 0 aliphatic carbocycles. The van der Waals surface area contributed by atoms with Gasteiger partial charge in [-0.2, -0.15) is 26.3 Å². The number of carbonyl (C=O) groups excluding carboxylic acids is 3. The van der Waals surface area contributed by atoms with Gasteiger partial charge < -0.3 is 20.3 Å². The van der Waals surface area contributed by atoms with Crippen molar-refractivity contribution in [3.63, 3.8) is 0 Å². The van der Waals surface area contributed by atoms with Crippen molar-refractivity contribution in [1.29, 1.82) is 0 Å². The van der Waals surface area contributed by atoms with Crippen LogP contribution < -0.4 is 5.73 Å². The van der Waals surface area contributed by atoms with Crippen LogP contribution in [0.15, 0.2) is 61.2 Å². The number of pyridine rings is 4. The standard InChI is InChI=1S/C23H24ClF4N3O3.C12H9ClF3N3.C10H16FNO4/c1-22(2,3)34-21(33)31-12-14(25)8-18(31)19(32)6-5-15-9-16(17(24)11-29-15)13-4-7-20(30-10-13)23(26,27)28;13-10-6-18-8(4-17)3-9(10)7-1-2-11(19-5-7)12(14,15)16;1-10(2,3)16-9(15)12-5-6(11)4-7(12)8(13)14/h4,7,9-11,14,18H,5-6,8,12H2,1-3H3;1-3,5-6H,4,17H2;6-7H,4-5H2,1-3H3,(H,13,14)/t14-,18+;;6-,7+/m1.1/s1. The summed E-state index contributed by atoms with van der Waals surface area (Å²) in [5, 5.41) is 9.38. The van der Waals surface area contributed by atoms with E-state index in [2.05, 4.69) is 19.9 Å². The highest BCUT2D eigenvalue weighted by atomic mass is 35.5. The Balaban J connectivity index is 0.000000249. The number of aromatic nitrogens is 4. The Bertz CT molecular complexity index is 2440. The van der Waals surface area contributed by atoms with Crippen molar-refractivity contribution in [2.75, 3.05) is 13.1 Å². The highest BCUT2D eigenvalue weighted by Gasteiger charge is 2.43. The summed E-state index contributed by atoms with van der Waals surface area (Å²) in [6.45, 7) is 9.85. The molecule has 0 spiro atoms. The van der Waals surface area contributed by atoms with Crippen molar-refractivity contribution >= 4 is 47.1 Å². The molecule has 4 aromatic rings. The molecule has 4 atom stereocenters. The van der Waals surface area contributed by atoms with Crippen molar-refractivity contribution in [3.05, 3.63) is 94.0 Å². The first-order valence-corrected chi connectivity index (χ1v) is 21.7. The monoisotopic (exact) mass is 1020 g/mol. The van der Waals surface area contributed by atoms with Gasteiger partial charge in [0.2, 0.25) is 0 Å². The zero-order chi connectivity index (χ0) is 51.8. The summed E-state index contributed by atoms with van der Waals surface area (Å²) in [6, 6.07) is 5.48. The van der Waals surface area contributed by atoms with E-state index >= 15 is 0 Å². The average molecular weight is 1020 g/mol. The molecule has 2 aliphatic rings. The Kier molecular flexibility index (Phi) is 18.4. The van der Waals surface area contributed by atoms with Gasteiger partial charge in [0.1, 0.15) is 41.0 Å². The van der Waals surface area contributed by atoms with E-state index in [0.29, 0.717) is 38.7 Å². The molecular formula is C45H49Cl2F8N7O7. The summed E-state index contributed by atoms with van der Waals surface area (Å²) in [7, 11) is 0. The number of carboxylic acids is 1. The number of hydrogen-bond donors (Lipinski definition) is 2. The van der Waals surface area contributed by atoms with Crippen molar-refractivity contribution in [2.24, 2.45) is 5.73 Å². The maximum absolute atomic E-state index is 14.0. The Morgan fingerprint density at radius 1 is 0.667 bits per heavy atom. The van der Waals surface area contributed by atoms with Gasteiger partial charge in [-0.25, -0.2) is 23.2 Å². The molecule has 376 valence electrons. The molecule has 0 bridgehead atoms. The van der Waals surface area contributed by atoms with Gasteiger partial charge in [-0.05, 0) is 72.2 Å². The number of alkyl halides is 8. The van der Waals surface area contributed by atoms with Crippen LogP contribution in [0.1, 0.15) is 83.6 Å². The molecule has 4 aromatic heterocycles. The van der Waals surface area contributed by atoms with Crippen LogP contribution in [0.2, 0.25) is 10.0 Å². The molecule has 69 heavy (non-hydrogen) atoms. The minimum Gasteiger partial charge on any atom is -0.480 e. The van der Waals surface area contributed by atoms with Crippen molar-refractivity contribution in [2.45, 2.75) is 122 Å². The fraction of sp³-hybridized carbons (Fsp3) is 0.467. The van der Waals surface area contributed by atoms with E-state index < -0.39 is 77.5 Å². The van der Waals surface area contributed by atoms with E-state index in [1.807, 2.05) is 0 Å². The highest BCUT2D eigenvalue weighted by Crippen LogP contribution is 2.34. The zero-order valence-corrected chi connectivity index (χ0v) is 39.5. The molecule has 14 nitrogen and oxygen atoms in total. The summed E-state index contributed by atoms with van der Waals surface area (Å²) < 4.78 is 113. The number of amides is 2. The molecule has 0 unspecified atom stereocenters. The number of Topliss-reactive ketones (excluding diaryl/α,β-unsaturated/α-hetero) is 1. The second kappa shape index (κ2) is 22.8. The van der Waals surface area contributed by atoms with Gasteiger partial charge in [-0.15, -0.1) is 0 Å². The van der Waals surface area contributed by atoms with E-state index in [4.69, 9.17) is 43.5 Å². The molecule has 24 heteroatoms. The molecule has 2 amide bonds. The largest absolute Gasteiger partial charge is 0.480 e. The highest BCUT2D eigenvalue weighted by molar-refractivity contribution is 6.33. The molecule has 2 fully saturated rings. The summed E-state index contributed by atoms with van der Waals surface area (Å²) in [4.78, 5) is 64.6. The van der Waals surface area contributed by atoms with Gasteiger partial charge in [0.25, 0.3) is 0 Å². The van der Waals surface area contributed by atoms with Crippen molar-refractivity contribution < 1.29 is 68.9 Å². The lowest BCUT2D eigenvalue weighted by molar-refractivity contribution is -0.142. The minimum atomic E-state index is -4.56. The summed E-state index contributed by atoms with van der Waals surface area (Å²) in [5.41, 5.74) is 4.87. The predicted octanol–water partition coefficient (Wildman–Crippen LogP) is 10.4. The molecule has 3 N–H and O–H groups in total. The van der Waals surface area contributed by atoms with Gasteiger partial charge in [0.05, 0.1) is 34.9 Å². The lowest BCUT2D eigenvalue weighted by Gasteiger charge is -2.27. The molecular weight excluding hydrogens is 973 g/mol. The summed E-state index contributed by atoms with van der Waals surface area (Å²) in [6.07, 6.45) is -8.32. The number of likely N-dealkylation sites (tertiary alicyclic amines) is 2. The van der Waals surface area contributed by atoms with E-state index in [-0.39, 0.29) is 56.1 Å². The van der Waals surface area contributed by atoms with Crippen LogP contribution in [-0.4, -0.2) is 107 Å². The van der Waals surface area contributed by atoms with Crippen LogP contribution in [0.4, 0.5) is 44.7 Å². The Labute approximate surface area is 401 Å². The van der Waals surface area contributed by atoms with Gasteiger partial charge in [0, 0.05) is 78.5 Å². The normalized spacial score (nSPS) is 18.4. The number of carbonyl (C=O) groups is 4. The fourth-order valence-corrected chi connectivity index (χ4v) is 7.09.